The number of hydrazine groups is 1. The third-order valence-corrected chi connectivity index (χ3v) is 4.34. The molecule has 2 aromatic rings. The number of rotatable bonds is 5. The Hall–Kier alpha value is -1.07. The van der Waals surface area contributed by atoms with Crippen LogP contribution in [0.2, 0.25) is 4.34 Å². The molecule has 0 saturated carbocycles. The monoisotopic (exact) mass is 296 g/mol. The van der Waals surface area contributed by atoms with Crippen LogP contribution < -0.4 is 16.0 Å². The average molecular weight is 297 g/mol. The van der Waals surface area contributed by atoms with Crippen molar-refractivity contribution in [2.75, 3.05) is 7.11 Å². The molecular formula is C14H17ClN2OS. The van der Waals surface area contributed by atoms with E-state index in [0.29, 0.717) is 0 Å². The third-order valence-electron chi connectivity index (χ3n) is 3.00. The Balaban J connectivity index is 2.25. The van der Waals surface area contributed by atoms with Crippen molar-refractivity contribution in [3.05, 3.63) is 50.7 Å². The van der Waals surface area contributed by atoms with Crippen LogP contribution in [0.5, 0.6) is 5.75 Å². The highest BCUT2D eigenvalue weighted by molar-refractivity contribution is 7.16. The second kappa shape index (κ2) is 6.39. The predicted molar refractivity (Wildman–Crippen MR) is 80.8 cm³/mol. The van der Waals surface area contributed by atoms with E-state index in [9.17, 15) is 0 Å². The van der Waals surface area contributed by atoms with Gasteiger partial charge in [0.2, 0.25) is 0 Å². The molecule has 1 aromatic carbocycles. The first-order chi connectivity index (χ1) is 9.13. The summed E-state index contributed by atoms with van der Waals surface area (Å²) < 4.78 is 6.17. The van der Waals surface area contributed by atoms with Gasteiger partial charge in [-0.05, 0) is 37.1 Å². The minimum absolute atomic E-state index is 0.0354. The van der Waals surface area contributed by atoms with E-state index < -0.39 is 0 Å². The number of aryl methyl sites for hydroxylation is 1. The maximum absolute atomic E-state index is 5.97. The molecule has 3 N–H and O–H groups in total. The number of nitrogens with two attached hydrogens (primary N) is 1. The molecule has 19 heavy (non-hydrogen) atoms. The first-order valence-electron chi connectivity index (χ1n) is 5.99. The van der Waals surface area contributed by atoms with Crippen molar-refractivity contribution in [1.29, 1.82) is 0 Å². The molecule has 0 saturated heterocycles. The maximum Gasteiger partial charge on any atom is 0.122 e. The van der Waals surface area contributed by atoms with Crippen LogP contribution in [-0.4, -0.2) is 7.11 Å². The lowest BCUT2D eigenvalue weighted by Crippen LogP contribution is -2.29. The van der Waals surface area contributed by atoms with Crippen molar-refractivity contribution in [3.63, 3.8) is 0 Å². The molecular weight excluding hydrogens is 280 g/mol. The number of hydrogen-bond donors (Lipinski definition) is 2. The zero-order valence-electron chi connectivity index (χ0n) is 10.9. The van der Waals surface area contributed by atoms with Gasteiger partial charge in [-0.1, -0.05) is 29.3 Å². The summed E-state index contributed by atoms with van der Waals surface area (Å²) in [7, 11) is 1.68. The van der Waals surface area contributed by atoms with Crippen molar-refractivity contribution < 1.29 is 4.74 Å². The maximum atomic E-state index is 5.97. The highest BCUT2D eigenvalue weighted by atomic mass is 35.5. The molecule has 0 bridgehead atoms. The summed E-state index contributed by atoms with van der Waals surface area (Å²) >= 11 is 7.51. The average Bonchev–Trinajstić information content (AvgIpc) is 2.82. The van der Waals surface area contributed by atoms with Gasteiger partial charge in [-0.15, -0.1) is 11.3 Å². The normalized spacial score (nSPS) is 12.4. The van der Waals surface area contributed by atoms with Crippen LogP contribution in [0.25, 0.3) is 0 Å². The largest absolute Gasteiger partial charge is 0.496 e. The van der Waals surface area contributed by atoms with Gasteiger partial charge < -0.3 is 4.74 Å². The van der Waals surface area contributed by atoms with Crippen molar-refractivity contribution in [1.82, 2.24) is 5.43 Å². The Labute approximate surface area is 122 Å². The lowest BCUT2D eigenvalue weighted by atomic mass is 10.0. The van der Waals surface area contributed by atoms with Crippen LogP contribution >= 0.6 is 22.9 Å². The van der Waals surface area contributed by atoms with Crippen LogP contribution in [0.15, 0.2) is 30.3 Å². The van der Waals surface area contributed by atoms with Gasteiger partial charge >= 0.3 is 0 Å². The summed E-state index contributed by atoms with van der Waals surface area (Å²) in [6.07, 6.45) is 0.762. The minimum atomic E-state index is 0.0354. The highest BCUT2D eigenvalue weighted by Crippen LogP contribution is 2.31. The van der Waals surface area contributed by atoms with Gasteiger partial charge in [-0.2, -0.15) is 0 Å². The summed E-state index contributed by atoms with van der Waals surface area (Å²) in [5.74, 6) is 6.55. The molecule has 0 amide bonds. The van der Waals surface area contributed by atoms with Crippen LogP contribution in [0.1, 0.15) is 22.0 Å². The Morgan fingerprint density at radius 2 is 2.16 bits per heavy atom. The first-order valence-corrected chi connectivity index (χ1v) is 7.18. The van der Waals surface area contributed by atoms with E-state index in [0.717, 1.165) is 26.9 Å². The molecule has 0 spiro atoms. The van der Waals surface area contributed by atoms with Crippen LogP contribution in [0.4, 0.5) is 0 Å². The summed E-state index contributed by atoms with van der Waals surface area (Å²) in [6.45, 7) is 2.07. The number of benzene rings is 1. The van der Waals surface area contributed by atoms with Gasteiger partial charge in [-0.25, -0.2) is 0 Å². The molecule has 1 unspecified atom stereocenters. The van der Waals surface area contributed by atoms with E-state index in [1.807, 2.05) is 24.3 Å². The molecule has 1 heterocycles. The van der Waals surface area contributed by atoms with Gasteiger partial charge in [0.1, 0.15) is 5.75 Å². The summed E-state index contributed by atoms with van der Waals surface area (Å²) in [5, 5.41) is 0. The first kappa shape index (κ1) is 14.3. The van der Waals surface area contributed by atoms with Crippen LogP contribution in [0, 0.1) is 6.92 Å². The molecule has 1 atom stereocenters. The van der Waals surface area contributed by atoms with Crippen molar-refractivity contribution in [2.45, 2.75) is 19.4 Å². The van der Waals surface area contributed by atoms with Crippen molar-refractivity contribution in [3.8, 4) is 5.75 Å². The number of hydrogen-bond acceptors (Lipinski definition) is 4. The number of ether oxygens (including phenoxy) is 1. The molecule has 3 nitrogen and oxygen atoms in total. The Morgan fingerprint density at radius 1 is 1.37 bits per heavy atom. The Morgan fingerprint density at radius 3 is 2.74 bits per heavy atom. The number of nitrogens with one attached hydrogen (secondary N) is 1. The van der Waals surface area contributed by atoms with Crippen molar-refractivity contribution >= 4 is 22.9 Å². The van der Waals surface area contributed by atoms with Crippen LogP contribution in [-0.2, 0) is 6.42 Å². The zero-order chi connectivity index (χ0) is 13.8. The fraction of sp³-hybridized carbons (Fsp3) is 0.286. The van der Waals surface area contributed by atoms with Crippen LogP contribution in [0.3, 0.4) is 0 Å². The summed E-state index contributed by atoms with van der Waals surface area (Å²) in [4.78, 5) is 1.12. The zero-order valence-corrected chi connectivity index (χ0v) is 12.5. The van der Waals surface area contributed by atoms with E-state index in [4.69, 9.17) is 22.2 Å². The van der Waals surface area contributed by atoms with Gasteiger partial charge in [-0.3, -0.25) is 11.3 Å². The molecule has 0 fully saturated rings. The SMILES string of the molecule is COc1ccc(C)cc1CC(NN)c1ccc(Cl)s1. The standard InChI is InChI=1S/C14H17ClN2OS/c1-9-3-4-12(18-2)10(7-9)8-11(17-16)13-5-6-14(15)19-13/h3-7,11,17H,8,16H2,1-2H3. The second-order valence-corrected chi connectivity index (χ2v) is 6.13. The molecule has 0 aliphatic carbocycles. The van der Waals surface area contributed by atoms with E-state index in [1.54, 1.807) is 7.11 Å². The minimum Gasteiger partial charge on any atom is -0.496 e. The summed E-state index contributed by atoms with van der Waals surface area (Å²) in [5.41, 5.74) is 5.19. The molecule has 2 rings (SSSR count). The topological polar surface area (TPSA) is 47.3 Å². The predicted octanol–water partition coefficient (Wildman–Crippen LogP) is 3.47. The Kier molecular flexibility index (Phi) is 4.82. The molecule has 5 heteroatoms. The molecule has 1 aromatic heterocycles. The molecule has 0 radical (unpaired) electrons. The van der Waals surface area contributed by atoms with E-state index in [2.05, 4.69) is 18.4 Å². The molecule has 0 aliphatic heterocycles. The van der Waals surface area contributed by atoms with E-state index >= 15 is 0 Å². The lowest BCUT2D eigenvalue weighted by Gasteiger charge is -2.16. The molecule has 102 valence electrons. The number of thiophene rings is 1. The van der Waals surface area contributed by atoms with E-state index in [-0.39, 0.29) is 6.04 Å². The quantitative estimate of drug-likeness (QED) is 0.656. The number of halogens is 1. The van der Waals surface area contributed by atoms with E-state index in [1.165, 1.54) is 16.9 Å². The number of methoxy groups -OCH3 is 1. The Bertz CT molecular complexity index is 556. The summed E-state index contributed by atoms with van der Waals surface area (Å²) in [6, 6.07) is 10.1. The van der Waals surface area contributed by atoms with Crippen molar-refractivity contribution in [2.24, 2.45) is 5.84 Å². The fourth-order valence-corrected chi connectivity index (χ4v) is 3.17. The van der Waals surface area contributed by atoms with Gasteiger partial charge in [0, 0.05) is 4.88 Å². The second-order valence-electron chi connectivity index (χ2n) is 4.38. The fourth-order valence-electron chi connectivity index (χ4n) is 2.04. The van der Waals surface area contributed by atoms with Gasteiger partial charge in [0.15, 0.2) is 0 Å². The lowest BCUT2D eigenvalue weighted by molar-refractivity contribution is 0.406. The van der Waals surface area contributed by atoms with Gasteiger partial charge in [0.25, 0.3) is 0 Å². The van der Waals surface area contributed by atoms with Gasteiger partial charge in [0.05, 0.1) is 17.5 Å². The third kappa shape index (κ3) is 3.48. The highest BCUT2D eigenvalue weighted by Gasteiger charge is 2.15. The molecule has 0 aliphatic rings. The smallest absolute Gasteiger partial charge is 0.122 e.